The summed E-state index contributed by atoms with van der Waals surface area (Å²) in [5.41, 5.74) is -0.490. The Morgan fingerprint density at radius 1 is 0.882 bits per heavy atom. The van der Waals surface area contributed by atoms with E-state index in [9.17, 15) is 27.2 Å². The molecule has 2 atom stereocenters. The molecule has 1 amide bonds. The number of amides is 1. The number of hydrogen-bond acceptors (Lipinski definition) is 4. The average molecular weight is 705 g/mol. The number of allylic oxidation sites excluding steroid dienone is 5. The van der Waals surface area contributed by atoms with E-state index in [0.717, 1.165) is 31.7 Å². The molecule has 2 aromatic rings. The van der Waals surface area contributed by atoms with Gasteiger partial charge >= 0.3 is 0 Å². The highest BCUT2D eigenvalue weighted by Gasteiger charge is 2.33. The number of ether oxygens (including phenoxy) is 1. The van der Waals surface area contributed by atoms with Crippen LogP contribution < -0.4 is 10.1 Å². The molecular weight excluding hydrogens is 656 g/mol. The van der Waals surface area contributed by atoms with Crippen LogP contribution in [0.4, 0.5) is 17.6 Å². The Balaban J connectivity index is 1.12. The van der Waals surface area contributed by atoms with Crippen LogP contribution in [0.25, 0.3) is 6.08 Å². The van der Waals surface area contributed by atoms with Crippen LogP contribution in [0.1, 0.15) is 106 Å². The van der Waals surface area contributed by atoms with Gasteiger partial charge in [-0.3, -0.25) is 14.5 Å². The van der Waals surface area contributed by atoms with Crippen molar-refractivity contribution >= 4 is 17.8 Å². The van der Waals surface area contributed by atoms with Gasteiger partial charge in [0.1, 0.15) is 18.2 Å². The number of halogens is 4. The molecule has 5 nitrogen and oxygen atoms in total. The van der Waals surface area contributed by atoms with Gasteiger partial charge in [-0.2, -0.15) is 0 Å². The van der Waals surface area contributed by atoms with Crippen LogP contribution >= 0.6 is 0 Å². The zero-order chi connectivity index (χ0) is 36.0. The fraction of sp³-hybridized carbons (Fsp3) is 0.476. The lowest BCUT2D eigenvalue weighted by Crippen LogP contribution is -2.47. The number of alkyl halides is 1. The van der Waals surface area contributed by atoms with Gasteiger partial charge < -0.3 is 10.1 Å². The van der Waals surface area contributed by atoms with E-state index in [2.05, 4.69) is 10.2 Å². The van der Waals surface area contributed by atoms with Gasteiger partial charge in [0.15, 0.2) is 23.1 Å². The highest BCUT2D eigenvalue weighted by Crippen LogP contribution is 2.35. The molecule has 0 bridgehead atoms. The number of Topliss-reactive ketones (excluding diaryl/α,β-unsaturated/α-hetero) is 1. The molecule has 2 unspecified atom stereocenters. The highest BCUT2D eigenvalue weighted by molar-refractivity contribution is 6.12. The van der Waals surface area contributed by atoms with Gasteiger partial charge in [-0.05, 0) is 111 Å². The summed E-state index contributed by atoms with van der Waals surface area (Å²) in [6, 6.07) is 11.1. The third-order valence-electron chi connectivity index (χ3n) is 10.8. The van der Waals surface area contributed by atoms with E-state index < -0.39 is 29.2 Å². The summed E-state index contributed by atoms with van der Waals surface area (Å²) in [4.78, 5) is 29.7. The maximum absolute atomic E-state index is 14.4. The lowest BCUT2D eigenvalue weighted by Gasteiger charge is -2.41. The molecule has 9 heteroatoms. The Bertz CT molecular complexity index is 1680. The van der Waals surface area contributed by atoms with Crippen molar-refractivity contribution in [3.8, 4) is 5.75 Å². The van der Waals surface area contributed by atoms with Crippen molar-refractivity contribution in [1.29, 1.82) is 0 Å². The predicted octanol–water partition coefficient (Wildman–Crippen LogP) is 9.69. The second kappa shape index (κ2) is 16.6. The minimum atomic E-state index is -2.11. The Morgan fingerprint density at radius 2 is 1.51 bits per heavy atom. The van der Waals surface area contributed by atoms with Crippen molar-refractivity contribution in [2.24, 2.45) is 0 Å². The van der Waals surface area contributed by atoms with Crippen LogP contribution in [0, 0.1) is 11.6 Å². The van der Waals surface area contributed by atoms with Crippen LogP contribution in [-0.4, -0.2) is 53.5 Å². The number of nitrogens with one attached hydrogen (secondary N) is 1. The summed E-state index contributed by atoms with van der Waals surface area (Å²) in [6.07, 6.45) is 18.6. The van der Waals surface area contributed by atoms with Crippen LogP contribution in [0.3, 0.4) is 0 Å². The number of carbonyl (C=O) groups excluding carboxylic acids is 2. The molecule has 0 aromatic heterocycles. The molecule has 0 aliphatic heterocycles. The van der Waals surface area contributed by atoms with Gasteiger partial charge in [0.25, 0.3) is 5.91 Å². The van der Waals surface area contributed by atoms with E-state index in [0.29, 0.717) is 35.6 Å². The third kappa shape index (κ3) is 9.47. The molecule has 0 heterocycles. The Hall–Kier alpha value is -3.98. The van der Waals surface area contributed by atoms with E-state index >= 15 is 0 Å². The number of hydrogen-bond donors (Lipinski definition) is 1. The molecule has 0 spiro atoms. The van der Waals surface area contributed by atoms with Crippen molar-refractivity contribution in [3.63, 3.8) is 0 Å². The number of benzene rings is 2. The van der Waals surface area contributed by atoms with Gasteiger partial charge in [-0.1, -0.05) is 50.7 Å². The zero-order valence-electron chi connectivity index (χ0n) is 29.4. The van der Waals surface area contributed by atoms with Gasteiger partial charge in [0.2, 0.25) is 0 Å². The summed E-state index contributed by atoms with van der Waals surface area (Å²) < 4.78 is 62.5. The van der Waals surface area contributed by atoms with Crippen molar-refractivity contribution in [1.82, 2.24) is 10.2 Å². The van der Waals surface area contributed by atoms with E-state index in [1.54, 1.807) is 24.3 Å². The molecule has 3 fully saturated rings. The standard InChI is InChI=1S/C42H48F4N2O3/c1-42(46)19-18-29(25-39(42)45)23-32-27-33(26-31(40(32)49)22-28-12-17-37(43)38(44)24-28)47-41(50)30-13-15-36(16-14-30)51-21-20-48(34-8-4-2-5-9-34)35-10-6-3-7-11-35/h12-18,22-25,33-35H,2-11,19-21,26-27H2,1H3,(H,47,50)/b31-22+,32-23+. The summed E-state index contributed by atoms with van der Waals surface area (Å²) in [5, 5.41) is 3.01. The molecule has 0 saturated heterocycles. The number of carbonyl (C=O) groups is 2. The molecule has 0 radical (unpaired) electrons. The molecular formula is C42H48F4N2O3. The first-order chi connectivity index (χ1) is 24.6. The number of nitrogens with zero attached hydrogens (tertiary/aromatic N) is 1. The topological polar surface area (TPSA) is 58.6 Å². The fourth-order valence-electron chi connectivity index (χ4n) is 7.94. The van der Waals surface area contributed by atoms with Crippen LogP contribution in [-0.2, 0) is 4.79 Å². The lowest BCUT2D eigenvalue weighted by molar-refractivity contribution is -0.113. The summed E-state index contributed by atoms with van der Waals surface area (Å²) in [6.45, 7) is 2.62. The zero-order valence-corrected chi connectivity index (χ0v) is 29.4. The minimum Gasteiger partial charge on any atom is -0.492 e. The second-order valence-electron chi connectivity index (χ2n) is 14.7. The number of ketones is 1. The Morgan fingerprint density at radius 3 is 2.12 bits per heavy atom. The van der Waals surface area contributed by atoms with Gasteiger partial charge in [-0.15, -0.1) is 0 Å². The van der Waals surface area contributed by atoms with Crippen molar-refractivity contribution in [2.45, 2.75) is 114 Å². The predicted molar refractivity (Wildman–Crippen MR) is 192 cm³/mol. The lowest BCUT2D eigenvalue weighted by atomic mass is 9.82. The molecule has 51 heavy (non-hydrogen) atoms. The van der Waals surface area contributed by atoms with Gasteiger partial charge in [0.05, 0.1) is 0 Å². The molecule has 4 aliphatic carbocycles. The first-order valence-electron chi connectivity index (χ1n) is 18.5. The number of rotatable bonds is 10. The fourth-order valence-corrected chi connectivity index (χ4v) is 7.94. The van der Waals surface area contributed by atoms with Crippen LogP contribution in [0.2, 0.25) is 0 Å². The average Bonchev–Trinajstić information content (AvgIpc) is 3.13. The van der Waals surface area contributed by atoms with E-state index in [1.165, 1.54) is 88.5 Å². The smallest absolute Gasteiger partial charge is 0.251 e. The first-order valence-corrected chi connectivity index (χ1v) is 18.5. The van der Waals surface area contributed by atoms with Gasteiger partial charge in [0, 0.05) is 47.8 Å². The normalized spacial score (nSPS) is 25.2. The third-order valence-corrected chi connectivity index (χ3v) is 10.8. The van der Waals surface area contributed by atoms with Crippen molar-refractivity contribution in [3.05, 3.63) is 106 Å². The van der Waals surface area contributed by atoms with Gasteiger partial charge in [-0.25, -0.2) is 17.6 Å². The van der Waals surface area contributed by atoms with Crippen molar-refractivity contribution in [2.75, 3.05) is 13.2 Å². The molecule has 2 aromatic carbocycles. The summed E-state index contributed by atoms with van der Waals surface area (Å²) >= 11 is 0. The van der Waals surface area contributed by atoms with Crippen LogP contribution in [0.15, 0.2) is 83.2 Å². The largest absolute Gasteiger partial charge is 0.492 e. The Labute approximate surface area is 298 Å². The SMILES string of the molecule is CC1(F)CC=C(/C=C2\CC(NC(=O)c3ccc(OCCN(C4CCCCC4)C4CCCCC4)cc3)C/C(=C\c3ccc(F)c(F)c3)C2=O)C=C1F. The maximum atomic E-state index is 14.4. The quantitative estimate of drug-likeness (QED) is 0.198. The molecule has 272 valence electrons. The van der Waals surface area contributed by atoms with Crippen LogP contribution in [0.5, 0.6) is 5.75 Å². The first kappa shape index (κ1) is 36.8. The highest BCUT2D eigenvalue weighted by atomic mass is 19.2. The summed E-state index contributed by atoms with van der Waals surface area (Å²) in [7, 11) is 0. The van der Waals surface area contributed by atoms with E-state index in [1.807, 2.05) is 0 Å². The monoisotopic (exact) mass is 704 g/mol. The molecule has 3 saturated carbocycles. The van der Waals surface area contributed by atoms with E-state index in [-0.39, 0.29) is 47.7 Å². The van der Waals surface area contributed by atoms with E-state index in [4.69, 9.17) is 4.74 Å². The minimum absolute atomic E-state index is 0.145. The molecule has 4 aliphatic rings. The summed E-state index contributed by atoms with van der Waals surface area (Å²) in [5.74, 6) is -3.00. The maximum Gasteiger partial charge on any atom is 0.251 e. The molecule has 6 rings (SSSR count). The Kier molecular flexibility index (Phi) is 12.0. The van der Waals surface area contributed by atoms with Crippen molar-refractivity contribution < 1.29 is 31.9 Å². The molecule has 1 N–H and O–H groups in total. The second-order valence-corrected chi connectivity index (χ2v) is 14.7.